The normalized spacial score (nSPS) is 13.3. The Morgan fingerprint density at radius 2 is 1.79 bits per heavy atom. The number of nitrogens with one attached hydrogen (secondary N) is 3. The van der Waals surface area contributed by atoms with Gasteiger partial charge in [-0.15, -0.1) is 0 Å². The zero-order valence-electron chi connectivity index (χ0n) is 17.2. The van der Waals surface area contributed by atoms with E-state index in [4.69, 9.17) is 4.74 Å². The van der Waals surface area contributed by atoms with Crippen molar-refractivity contribution >= 4 is 11.9 Å². The summed E-state index contributed by atoms with van der Waals surface area (Å²) in [7, 11) is 1.57. The molecule has 7 nitrogen and oxygen atoms in total. The Bertz CT molecular complexity index is 807. The van der Waals surface area contributed by atoms with E-state index in [9.17, 15) is 9.90 Å². The molecule has 0 bridgehead atoms. The van der Waals surface area contributed by atoms with Crippen molar-refractivity contribution in [2.45, 2.75) is 19.4 Å². The molecular weight excluding hydrogens is 368 g/mol. The van der Waals surface area contributed by atoms with Crippen molar-refractivity contribution in [2.24, 2.45) is 4.99 Å². The van der Waals surface area contributed by atoms with Crippen LogP contribution >= 0.6 is 0 Å². The standard InChI is InChI=1S/C22H30N4O3/c1-4-23-21(26-16-22(2,28)18-10-6-5-7-11-18)25-14-13-24-20(27)17-9-8-12-19(15-17)29-3/h5-12,15,28H,4,13-14,16H2,1-3H3,(H,24,27)(H2,23,25,26). The van der Waals surface area contributed by atoms with Gasteiger partial charge in [-0.25, -0.2) is 4.99 Å². The monoisotopic (exact) mass is 398 g/mol. The highest BCUT2D eigenvalue weighted by molar-refractivity contribution is 5.94. The van der Waals surface area contributed by atoms with E-state index < -0.39 is 5.60 Å². The number of guanidine groups is 1. The zero-order valence-corrected chi connectivity index (χ0v) is 17.2. The molecule has 1 amide bonds. The number of carbonyl (C=O) groups excluding carboxylic acids is 1. The van der Waals surface area contributed by atoms with Crippen LogP contribution in [-0.2, 0) is 5.60 Å². The van der Waals surface area contributed by atoms with Gasteiger partial charge in [0.15, 0.2) is 5.96 Å². The maximum absolute atomic E-state index is 12.2. The van der Waals surface area contributed by atoms with Crippen molar-refractivity contribution in [3.8, 4) is 5.75 Å². The predicted octanol–water partition coefficient (Wildman–Crippen LogP) is 1.89. The number of ether oxygens (including phenoxy) is 1. The molecule has 0 saturated heterocycles. The quantitative estimate of drug-likeness (QED) is 0.294. The summed E-state index contributed by atoms with van der Waals surface area (Å²) in [5, 5.41) is 19.8. The first-order valence-electron chi connectivity index (χ1n) is 9.68. The van der Waals surface area contributed by atoms with Gasteiger partial charge in [-0.2, -0.15) is 0 Å². The Morgan fingerprint density at radius 3 is 2.48 bits per heavy atom. The molecule has 0 heterocycles. The summed E-state index contributed by atoms with van der Waals surface area (Å²) < 4.78 is 5.14. The second-order valence-corrected chi connectivity index (χ2v) is 6.75. The fourth-order valence-electron chi connectivity index (χ4n) is 2.69. The second kappa shape index (κ2) is 11.1. The van der Waals surface area contributed by atoms with Crippen LogP contribution in [0.25, 0.3) is 0 Å². The van der Waals surface area contributed by atoms with Crippen LogP contribution in [0.4, 0.5) is 0 Å². The van der Waals surface area contributed by atoms with E-state index in [0.717, 1.165) is 5.56 Å². The molecule has 4 N–H and O–H groups in total. The number of rotatable bonds is 9. The van der Waals surface area contributed by atoms with Crippen LogP contribution in [0.3, 0.4) is 0 Å². The number of hydrogen-bond acceptors (Lipinski definition) is 4. The summed E-state index contributed by atoms with van der Waals surface area (Å²) in [4.78, 5) is 16.7. The van der Waals surface area contributed by atoms with Gasteiger partial charge in [-0.1, -0.05) is 36.4 Å². The minimum absolute atomic E-state index is 0.167. The molecule has 0 fully saturated rings. The number of methoxy groups -OCH3 is 1. The van der Waals surface area contributed by atoms with Gasteiger partial charge in [0.2, 0.25) is 0 Å². The first-order chi connectivity index (χ1) is 14.0. The van der Waals surface area contributed by atoms with E-state index >= 15 is 0 Å². The van der Waals surface area contributed by atoms with Crippen LogP contribution < -0.4 is 20.7 Å². The molecule has 2 aromatic carbocycles. The molecule has 1 unspecified atom stereocenters. The Balaban J connectivity index is 1.85. The molecule has 0 radical (unpaired) electrons. The van der Waals surface area contributed by atoms with E-state index in [1.165, 1.54) is 0 Å². The summed E-state index contributed by atoms with van der Waals surface area (Å²) >= 11 is 0. The molecule has 29 heavy (non-hydrogen) atoms. The molecule has 2 rings (SSSR count). The van der Waals surface area contributed by atoms with Crippen LogP contribution in [-0.4, -0.2) is 50.3 Å². The lowest BCUT2D eigenvalue weighted by Gasteiger charge is -2.22. The van der Waals surface area contributed by atoms with Crippen LogP contribution in [0.5, 0.6) is 5.75 Å². The van der Waals surface area contributed by atoms with Gasteiger partial charge in [-0.3, -0.25) is 4.79 Å². The molecule has 0 saturated carbocycles. The average molecular weight is 399 g/mol. The Hall–Kier alpha value is -3.06. The lowest BCUT2D eigenvalue weighted by atomic mass is 9.96. The minimum Gasteiger partial charge on any atom is -0.497 e. The number of benzene rings is 2. The Morgan fingerprint density at radius 1 is 1.07 bits per heavy atom. The molecule has 2 aromatic rings. The number of aliphatic hydroxyl groups is 1. The van der Waals surface area contributed by atoms with Crippen molar-refractivity contribution < 1.29 is 14.6 Å². The number of carbonyl (C=O) groups is 1. The highest BCUT2D eigenvalue weighted by atomic mass is 16.5. The lowest BCUT2D eigenvalue weighted by molar-refractivity contribution is 0.0672. The van der Waals surface area contributed by atoms with Gasteiger partial charge >= 0.3 is 0 Å². The summed E-state index contributed by atoms with van der Waals surface area (Å²) in [6.45, 7) is 5.53. The maximum Gasteiger partial charge on any atom is 0.251 e. The highest BCUT2D eigenvalue weighted by Gasteiger charge is 2.22. The van der Waals surface area contributed by atoms with Gasteiger partial charge < -0.3 is 25.8 Å². The van der Waals surface area contributed by atoms with Gasteiger partial charge in [0.1, 0.15) is 11.4 Å². The van der Waals surface area contributed by atoms with E-state index in [0.29, 0.717) is 36.9 Å². The molecule has 156 valence electrons. The molecule has 0 aliphatic heterocycles. The highest BCUT2D eigenvalue weighted by Crippen LogP contribution is 2.20. The summed E-state index contributed by atoms with van der Waals surface area (Å²) in [6, 6.07) is 16.5. The fraction of sp³-hybridized carbons (Fsp3) is 0.364. The number of amides is 1. The topological polar surface area (TPSA) is 95.0 Å². The summed E-state index contributed by atoms with van der Waals surface area (Å²) in [5.74, 6) is 1.06. The van der Waals surface area contributed by atoms with Gasteiger partial charge in [0.25, 0.3) is 5.91 Å². The average Bonchev–Trinajstić information content (AvgIpc) is 2.75. The molecular formula is C22H30N4O3. The fourth-order valence-corrected chi connectivity index (χ4v) is 2.69. The van der Waals surface area contributed by atoms with E-state index in [-0.39, 0.29) is 12.5 Å². The van der Waals surface area contributed by atoms with Crippen LogP contribution in [0.15, 0.2) is 59.6 Å². The Labute approximate surface area is 172 Å². The maximum atomic E-state index is 12.2. The molecule has 0 aromatic heterocycles. The molecule has 0 aliphatic rings. The predicted molar refractivity (Wildman–Crippen MR) is 115 cm³/mol. The minimum atomic E-state index is -1.07. The third kappa shape index (κ3) is 7.12. The molecule has 0 aliphatic carbocycles. The number of hydrogen-bond donors (Lipinski definition) is 4. The van der Waals surface area contributed by atoms with E-state index in [2.05, 4.69) is 20.9 Å². The lowest BCUT2D eigenvalue weighted by Crippen LogP contribution is -2.42. The van der Waals surface area contributed by atoms with Crippen molar-refractivity contribution in [2.75, 3.05) is 33.3 Å². The summed E-state index contributed by atoms with van der Waals surface area (Å²) in [6.07, 6.45) is 0. The van der Waals surface area contributed by atoms with Gasteiger partial charge in [0.05, 0.1) is 13.7 Å². The van der Waals surface area contributed by atoms with Crippen molar-refractivity contribution in [1.82, 2.24) is 16.0 Å². The SMILES string of the molecule is CCNC(=NCC(C)(O)c1ccccc1)NCCNC(=O)c1cccc(OC)c1. The Kier molecular flexibility index (Phi) is 8.48. The van der Waals surface area contributed by atoms with E-state index in [1.807, 2.05) is 37.3 Å². The summed E-state index contributed by atoms with van der Waals surface area (Å²) in [5.41, 5.74) is 0.290. The van der Waals surface area contributed by atoms with Crippen LogP contribution in [0.1, 0.15) is 29.8 Å². The van der Waals surface area contributed by atoms with Gasteiger partial charge in [-0.05, 0) is 37.6 Å². The first-order valence-corrected chi connectivity index (χ1v) is 9.68. The van der Waals surface area contributed by atoms with Crippen molar-refractivity contribution in [3.05, 3.63) is 65.7 Å². The largest absolute Gasteiger partial charge is 0.497 e. The molecule has 7 heteroatoms. The third-order valence-corrected chi connectivity index (χ3v) is 4.32. The third-order valence-electron chi connectivity index (χ3n) is 4.32. The molecule has 0 spiro atoms. The first kappa shape index (κ1) is 22.2. The van der Waals surface area contributed by atoms with Crippen molar-refractivity contribution in [1.29, 1.82) is 0 Å². The van der Waals surface area contributed by atoms with Crippen molar-refractivity contribution in [3.63, 3.8) is 0 Å². The second-order valence-electron chi connectivity index (χ2n) is 6.75. The zero-order chi connectivity index (χ0) is 21.1. The smallest absolute Gasteiger partial charge is 0.251 e. The van der Waals surface area contributed by atoms with Crippen LogP contribution in [0, 0.1) is 0 Å². The van der Waals surface area contributed by atoms with Gasteiger partial charge in [0, 0.05) is 25.2 Å². The van der Waals surface area contributed by atoms with Crippen LogP contribution in [0.2, 0.25) is 0 Å². The van der Waals surface area contributed by atoms with E-state index in [1.54, 1.807) is 38.3 Å². The number of nitrogens with zero attached hydrogens (tertiary/aromatic N) is 1. The number of aliphatic imine (C=N–C) groups is 1. The molecule has 1 atom stereocenters.